The third-order valence-electron chi connectivity index (χ3n) is 9.57. The van der Waals surface area contributed by atoms with Gasteiger partial charge >= 0.3 is 0 Å². The second-order valence-electron chi connectivity index (χ2n) is 12.2. The van der Waals surface area contributed by atoms with Crippen LogP contribution in [0.15, 0.2) is 60.7 Å². The molecule has 0 spiro atoms. The zero-order valence-electron chi connectivity index (χ0n) is 22.9. The molecule has 0 amide bonds. The minimum absolute atomic E-state index is 0.301. The minimum Gasteiger partial charge on any atom is -0.305 e. The van der Waals surface area contributed by atoms with Gasteiger partial charge < -0.3 is 19.6 Å². The van der Waals surface area contributed by atoms with Gasteiger partial charge in [-0.3, -0.25) is 0 Å². The predicted molar refractivity (Wildman–Crippen MR) is 152 cm³/mol. The molecule has 2 aromatic carbocycles. The van der Waals surface area contributed by atoms with Crippen LogP contribution in [0.25, 0.3) is 0 Å². The van der Waals surface area contributed by atoms with E-state index in [1.54, 1.807) is 11.1 Å². The lowest BCUT2D eigenvalue weighted by molar-refractivity contribution is 0.0998. The Bertz CT molecular complexity index is 836. The summed E-state index contributed by atoms with van der Waals surface area (Å²) in [6.07, 6.45) is 7.65. The third-order valence-corrected chi connectivity index (χ3v) is 9.57. The number of piperidine rings is 2. The Labute approximate surface area is 220 Å². The summed E-state index contributed by atoms with van der Waals surface area (Å²) in [6, 6.07) is 22.8. The van der Waals surface area contributed by atoms with Crippen molar-refractivity contribution in [1.29, 1.82) is 0 Å². The van der Waals surface area contributed by atoms with Crippen molar-refractivity contribution < 1.29 is 0 Å². The van der Waals surface area contributed by atoms with Crippen molar-refractivity contribution in [3.8, 4) is 0 Å². The van der Waals surface area contributed by atoms with Crippen LogP contribution in [0.5, 0.6) is 0 Å². The molecular weight excluding hydrogens is 440 g/mol. The van der Waals surface area contributed by atoms with Crippen LogP contribution in [0.2, 0.25) is 0 Å². The van der Waals surface area contributed by atoms with E-state index < -0.39 is 0 Å². The van der Waals surface area contributed by atoms with E-state index in [0.717, 1.165) is 0 Å². The Morgan fingerprint density at radius 3 is 1.19 bits per heavy atom. The first-order chi connectivity index (χ1) is 17.6. The van der Waals surface area contributed by atoms with Gasteiger partial charge in [0, 0.05) is 23.9 Å². The molecule has 4 bridgehead atoms. The van der Waals surface area contributed by atoms with Crippen LogP contribution in [-0.4, -0.2) is 99.1 Å². The molecule has 4 heteroatoms. The molecule has 0 atom stereocenters. The van der Waals surface area contributed by atoms with E-state index in [1.165, 1.54) is 104 Å². The highest BCUT2D eigenvalue weighted by Crippen LogP contribution is 2.38. The van der Waals surface area contributed by atoms with Gasteiger partial charge in [0.05, 0.1) is 0 Å². The van der Waals surface area contributed by atoms with E-state index in [1.807, 2.05) is 0 Å². The van der Waals surface area contributed by atoms with Crippen molar-refractivity contribution in [2.75, 3.05) is 79.5 Å². The Kier molecular flexibility index (Phi) is 8.47. The number of benzene rings is 2. The van der Waals surface area contributed by atoms with Crippen LogP contribution in [0, 0.1) is 0 Å². The van der Waals surface area contributed by atoms with Crippen LogP contribution in [-0.2, 0) is 10.8 Å². The summed E-state index contributed by atoms with van der Waals surface area (Å²) >= 11 is 0. The fourth-order valence-corrected chi connectivity index (χ4v) is 7.39. The largest absolute Gasteiger partial charge is 0.305 e. The first-order valence-corrected chi connectivity index (χ1v) is 14.5. The molecule has 2 aromatic rings. The van der Waals surface area contributed by atoms with Gasteiger partial charge in [-0.25, -0.2) is 0 Å². The summed E-state index contributed by atoms with van der Waals surface area (Å²) in [6.45, 7) is 12.1. The maximum absolute atomic E-state index is 2.74. The number of nitrogens with zero attached hydrogens (tertiary/aromatic N) is 4. The molecule has 6 aliphatic heterocycles. The fraction of sp³-hybridized carbons (Fsp3) is 0.625. The van der Waals surface area contributed by atoms with E-state index in [4.69, 9.17) is 0 Å². The Morgan fingerprint density at radius 1 is 0.472 bits per heavy atom. The molecule has 8 rings (SSSR count). The molecule has 0 N–H and O–H groups in total. The monoisotopic (exact) mass is 488 g/mol. The van der Waals surface area contributed by atoms with Gasteiger partial charge in [-0.15, -0.1) is 0 Å². The molecule has 6 heterocycles. The van der Waals surface area contributed by atoms with Gasteiger partial charge in [0.25, 0.3) is 0 Å². The average Bonchev–Trinajstić information content (AvgIpc) is 2.91. The highest BCUT2D eigenvalue weighted by molar-refractivity contribution is 5.28. The maximum atomic E-state index is 2.74. The normalized spacial score (nSPS) is 33.7. The zero-order chi connectivity index (χ0) is 24.8. The molecule has 0 radical (unpaired) electrons. The van der Waals surface area contributed by atoms with Crippen LogP contribution < -0.4 is 0 Å². The van der Waals surface area contributed by atoms with Crippen molar-refractivity contribution in [3.05, 3.63) is 71.8 Å². The van der Waals surface area contributed by atoms with E-state index >= 15 is 0 Å². The summed E-state index contributed by atoms with van der Waals surface area (Å²) in [5, 5.41) is 0. The topological polar surface area (TPSA) is 13.0 Å². The molecule has 6 fully saturated rings. The van der Waals surface area contributed by atoms with Crippen LogP contribution in [0.1, 0.15) is 49.7 Å². The Balaban J connectivity index is 1.31. The van der Waals surface area contributed by atoms with Crippen LogP contribution in [0.4, 0.5) is 0 Å². The smallest absolute Gasteiger partial charge is 0.0104 e. The molecule has 0 saturated carbocycles. The Morgan fingerprint density at radius 2 is 0.833 bits per heavy atom. The molecule has 0 aromatic heterocycles. The van der Waals surface area contributed by atoms with Crippen molar-refractivity contribution in [2.24, 2.45) is 0 Å². The molecular formula is C32H48N4. The van der Waals surface area contributed by atoms with E-state index in [-0.39, 0.29) is 0 Å². The van der Waals surface area contributed by atoms with Crippen molar-refractivity contribution in [2.45, 2.75) is 49.4 Å². The second kappa shape index (κ2) is 11.8. The van der Waals surface area contributed by atoms with Crippen LogP contribution >= 0.6 is 0 Å². The lowest BCUT2D eigenvalue weighted by atomic mass is 9.72. The van der Waals surface area contributed by atoms with Gasteiger partial charge in [-0.1, -0.05) is 60.7 Å². The highest BCUT2D eigenvalue weighted by Gasteiger charge is 2.38. The van der Waals surface area contributed by atoms with Gasteiger partial charge in [-0.05, 0) is 116 Å². The van der Waals surface area contributed by atoms with Gasteiger partial charge in [-0.2, -0.15) is 0 Å². The van der Waals surface area contributed by atoms with Gasteiger partial charge in [0.2, 0.25) is 0 Å². The average molecular weight is 489 g/mol. The van der Waals surface area contributed by atoms with Gasteiger partial charge in [0.1, 0.15) is 0 Å². The van der Waals surface area contributed by atoms with Crippen molar-refractivity contribution in [3.63, 3.8) is 0 Å². The molecule has 0 unspecified atom stereocenters. The predicted octanol–water partition coefficient (Wildman–Crippen LogP) is 4.71. The third kappa shape index (κ3) is 6.05. The molecule has 6 aliphatic rings. The second-order valence-corrected chi connectivity index (χ2v) is 12.2. The summed E-state index contributed by atoms with van der Waals surface area (Å²) in [7, 11) is 4.73. The molecule has 0 aliphatic carbocycles. The number of rotatable bonds is 2. The lowest BCUT2D eigenvalue weighted by Crippen LogP contribution is -2.50. The van der Waals surface area contributed by atoms with Gasteiger partial charge in [0.15, 0.2) is 0 Å². The molecule has 6 saturated heterocycles. The molecule has 4 nitrogen and oxygen atoms in total. The Hall–Kier alpha value is -1.72. The summed E-state index contributed by atoms with van der Waals surface area (Å²) in [5.41, 5.74) is 3.71. The first kappa shape index (κ1) is 25.9. The highest BCUT2D eigenvalue weighted by atomic mass is 15.2. The standard InChI is InChI=1S/C32H48N4/c1-33-19-9-21-35-25-17-32(18-26-35,30-13-7-4-8-14-30)28-34(2)20-10-22-36-23-15-31(27-33,16-24-36)29-11-5-3-6-12-29/h3-8,11-14H,9-10,15-28H2,1-2H3. The minimum atomic E-state index is 0.301. The maximum Gasteiger partial charge on any atom is 0.0104 e. The fourth-order valence-electron chi connectivity index (χ4n) is 7.39. The molecule has 196 valence electrons. The summed E-state index contributed by atoms with van der Waals surface area (Å²) in [4.78, 5) is 10.8. The summed E-state index contributed by atoms with van der Waals surface area (Å²) in [5.74, 6) is 0. The van der Waals surface area contributed by atoms with E-state index in [9.17, 15) is 0 Å². The van der Waals surface area contributed by atoms with E-state index in [0.29, 0.717) is 10.8 Å². The quantitative estimate of drug-likeness (QED) is 0.607. The first-order valence-electron chi connectivity index (χ1n) is 14.5. The number of likely N-dealkylation sites (N-methyl/N-ethyl adjacent to an activating group) is 2. The number of hydrogen-bond acceptors (Lipinski definition) is 4. The number of hydrogen-bond donors (Lipinski definition) is 0. The van der Waals surface area contributed by atoms with E-state index in [2.05, 4.69) is 94.4 Å². The van der Waals surface area contributed by atoms with Crippen LogP contribution in [0.3, 0.4) is 0 Å². The zero-order valence-corrected chi connectivity index (χ0v) is 22.9. The van der Waals surface area contributed by atoms with Crippen molar-refractivity contribution >= 4 is 0 Å². The summed E-state index contributed by atoms with van der Waals surface area (Å²) < 4.78 is 0. The molecule has 36 heavy (non-hydrogen) atoms. The SMILES string of the molecule is CN1CCCN2CCC(c3ccccc3)(CC2)CN(C)CCCN2CCC(c3ccccc3)(CC2)C1. The lowest BCUT2D eigenvalue weighted by Gasteiger charge is -2.46. The van der Waals surface area contributed by atoms with Crippen molar-refractivity contribution in [1.82, 2.24) is 19.6 Å².